The van der Waals surface area contributed by atoms with Crippen molar-refractivity contribution in [2.45, 2.75) is 32.5 Å². The number of carbonyl (C=O) groups excluding carboxylic acids is 1. The summed E-state index contributed by atoms with van der Waals surface area (Å²) in [6, 6.07) is 1.63. The summed E-state index contributed by atoms with van der Waals surface area (Å²) in [5.74, 6) is -0.713. The van der Waals surface area contributed by atoms with Gasteiger partial charge < -0.3 is 9.47 Å². The van der Waals surface area contributed by atoms with Crippen LogP contribution in [0.1, 0.15) is 26.2 Å². The minimum atomic E-state index is -0.713. The van der Waals surface area contributed by atoms with Gasteiger partial charge in [-0.3, -0.25) is 0 Å². The van der Waals surface area contributed by atoms with Gasteiger partial charge in [-0.2, -0.15) is 5.26 Å². The average Bonchev–Trinajstić information content (AvgIpc) is 2.22. The Kier molecular flexibility index (Phi) is 6.42. The maximum absolute atomic E-state index is 11.1. The van der Waals surface area contributed by atoms with E-state index in [0.717, 1.165) is 12.8 Å². The van der Waals surface area contributed by atoms with Crippen molar-refractivity contribution in [1.29, 1.82) is 5.26 Å². The second-order valence-corrected chi connectivity index (χ2v) is 2.80. The quantitative estimate of drug-likeness (QED) is 0.282. The van der Waals surface area contributed by atoms with Crippen molar-refractivity contribution in [3.63, 3.8) is 0 Å². The number of carbonyl (C=O) groups is 1. The van der Waals surface area contributed by atoms with E-state index in [4.69, 9.17) is 14.7 Å². The minimum absolute atomic E-state index is 0.205. The van der Waals surface area contributed by atoms with Crippen molar-refractivity contribution < 1.29 is 14.3 Å². The fourth-order valence-corrected chi connectivity index (χ4v) is 0.832. The number of methoxy groups -OCH3 is 1. The Labute approximate surface area is 84.1 Å². The van der Waals surface area contributed by atoms with Crippen LogP contribution < -0.4 is 0 Å². The van der Waals surface area contributed by atoms with Crippen LogP contribution in [0.15, 0.2) is 12.2 Å². The molecule has 0 aromatic carbocycles. The highest BCUT2D eigenvalue weighted by atomic mass is 16.7. The number of unbranched alkanes of at least 4 members (excludes halogenated alkanes) is 1. The molecular weight excluding hydrogens is 182 g/mol. The van der Waals surface area contributed by atoms with E-state index in [-0.39, 0.29) is 5.57 Å². The summed E-state index contributed by atoms with van der Waals surface area (Å²) >= 11 is 0. The fourth-order valence-electron chi connectivity index (χ4n) is 0.832. The maximum Gasteiger partial charge on any atom is 0.350 e. The van der Waals surface area contributed by atoms with Crippen LogP contribution in [0.5, 0.6) is 0 Å². The predicted octanol–water partition coefficient (Wildman–Crippen LogP) is 1.77. The molecule has 0 aliphatic carbocycles. The Bertz CT molecular complexity index is 242. The lowest BCUT2D eigenvalue weighted by atomic mass is 10.2. The third kappa shape index (κ3) is 4.63. The number of hydrogen-bond acceptors (Lipinski definition) is 4. The van der Waals surface area contributed by atoms with Crippen molar-refractivity contribution in [2.24, 2.45) is 0 Å². The van der Waals surface area contributed by atoms with Gasteiger partial charge in [0.2, 0.25) is 6.29 Å². The van der Waals surface area contributed by atoms with Crippen LogP contribution in [-0.2, 0) is 14.3 Å². The third-order valence-corrected chi connectivity index (χ3v) is 1.68. The molecule has 0 bridgehead atoms. The molecule has 14 heavy (non-hydrogen) atoms. The van der Waals surface area contributed by atoms with Crippen LogP contribution in [0, 0.1) is 11.3 Å². The van der Waals surface area contributed by atoms with Gasteiger partial charge in [-0.25, -0.2) is 4.79 Å². The lowest BCUT2D eigenvalue weighted by molar-refractivity contribution is -0.169. The largest absolute Gasteiger partial charge is 0.432 e. The Morgan fingerprint density at radius 1 is 1.64 bits per heavy atom. The van der Waals surface area contributed by atoms with Gasteiger partial charge in [0.05, 0.1) is 0 Å². The average molecular weight is 197 g/mol. The molecule has 4 heteroatoms. The molecule has 0 aliphatic rings. The molecule has 1 atom stereocenters. The van der Waals surface area contributed by atoms with Crippen molar-refractivity contribution in [3.8, 4) is 6.07 Å². The smallest absolute Gasteiger partial charge is 0.350 e. The van der Waals surface area contributed by atoms with Crippen molar-refractivity contribution in [3.05, 3.63) is 12.2 Å². The molecule has 0 fully saturated rings. The Morgan fingerprint density at radius 3 is 2.71 bits per heavy atom. The van der Waals surface area contributed by atoms with Crippen molar-refractivity contribution in [2.75, 3.05) is 7.11 Å². The standard InChI is InChI=1S/C10H15NO3/c1-4-5-6-9(13-3)14-10(12)8(2)7-11/h9H,2,4-6H2,1,3H3. The van der Waals surface area contributed by atoms with Crippen LogP contribution in [0.2, 0.25) is 0 Å². The summed E-state index contributed by atoms with van der Waals surface area (Å²) in [6.07, 6.45) is 1.96. The van der Waals surface area contributed by atoms with Gasteiger partial charge in [0.1, 0.15) is 11.6 Å². The lowest BCUT2D eigenvalue weighted by Crippen LogP contribution is -2.20. The zero-order valence-electron chi connectivity index (χ0n) is 8.58. The summed E-state index contributed by atoms with van der Waals surface area (Å²) in [5, 5.41) is 8.38. The van der Waals surface area contributed by atoms with E-state index in [1.54, 1.807) is 6.07 Å². The molecule has 0 heterocycles. The molecule has 0 saturated heterocycles. The number of nitriles is 1. The molecule has 0 spiro atoms. The Hall–Kier alpha value is -1.34. The van der Waals surface area contributed by atoms with Gasteiger partial charge in [0.25, 0.3) is 0 Å². The van der Waals surface area contributed by atoms with Gasteiger partial charge in [0.15, 0.2) is 0 Å². The van der Waals surface area contributed by atoms with E-state index in [0.29, 0.717) is 6.42 Å². The van der Waals surface area contributed by atoms with Crippen molar-refractivity contribution in [1.82, 2.24) is 0 Å². The molecule has 0 saturated carbocycles. The normalized spacial score (nSPS) is 11.5. The van der Waals surface area contributed by atoms with E-state index in [1.165, 1.54) is 7.11 Å². The van der Waals surface area contributed by atoms with E-state index in [9.17, 15) is 4.79 Å². The second kappa shape index (κ2) is 7.10. The van der Waals surface area contributed by atoms with Gasteiger partial charge in [-0.1, -0.05) is 19.9 Å². The van der Waals surface area contributed by atoms with Crippen LogP contribution in [0.3, 0.4) is 0 Å². The summed E-state index contributed by atoms with van der Waals surface area (Å²) in [6.45, 7) is 5.28. The van der Waals surface area contributed by atoms with Crippen molar-refractivity contribution >= 4 is 5.97 Å². The molecule has 4 nitrogen and oxygen atoms in total. The summed E-state index contributed by atoms with van der Waals surface area (Å²) in [7, 11) is 1.46. The predicted molar refractivity (Wildman–Crippen MR) is 51.2 cm³/mol. The molecule has 0 amide bonds. The molecule has 0 aromatic heterocycles. The number of esters is 1. The van der Waals surface area contributed by atoms with Gasteiger partial charge in [0, 0.05) is 13.5 Å². The first kappa shape index (κ1) is 12.7. The first-order valence-corrected chi connectivity index (χ1v) is 4.48. The Morgan fingerprint density at radius 2 is 2.29 bits per heavy atom. The first-order valence-electron chi connectivity index (χ1n) is 4.48. The monoisotopic (exact) mass is 197 g/mol. The highest BCUT2D eigenvalue weighted by molar-refractivity contribution is 5.91. The van der Waals surface area contributed by atoms with Crippen LogP contribution >= 0.6 is 0 Å². The number of nitrogens with zero attached hydrogens (tertiary/aromatic N) is 1. The molecule has 0 rings (SSSR count). The number of ether oxygens (including phenoxy) is 2. The molecule has 0 N–H and O–H groups in total. The topological polar surface area (TPSA) is 59.3 Å². The molecular formula is C10H15NO3. The van der Waals surface area contributed by atoms with E-state index >= 15 is 0 Å². The lowest BCUT2D eigenvalue weighted by Gasteiger charge is -2.14. The third-order valence-electron chi connectivity index (χ3n) is 1.68. The van der Waals surface area contributed by atoms with Crippen LogP contribution in [0.4, 0.5) is 0 Å². The zero-order valence-corrected chi connectivity index (χ0v) is 8.58. The molecule has 0 aliphatic heterocycles. The second-order valence-electron chi connectivity index (χ2n) is 2.80. The first-order chi connectivity index (χ1) is 6.65. The maximum atomic E-state index is 11.1. The fraction of sp³-hybridized carbons (Fsp3) is 0.600. The molecule has 78 valence electrons. The highest BCUT2D eigenvalue weighted by Crippen LogP contribution is 2.07. The zero-order chi connectivity index (χ0) is 11.0. The van der Waals surface area contributed by atoms with E-state index in [1.807, 2.05) is 6.92 Å². The van der Waals surface area contributed by atoms with Gasteiger partial charge in [-0.05, 0) is 6.42 Å². The minimum Gasteiger partial charge on any atom is -0.432 e. The summed E-state index contributed by atoms with van der Waals surface area (Å²) < 4.78 is 9.80. The summed E-state index contributed by atoms with van der Waals surface area (Å²) in [4.78, 5) is 11.1. The van der Waals surface area contributed by atoms with Crippen LogP contribution in [-0.4, -0.2) is 19.4 Å². The molecule has 1 unspecified atom stereocenters. The molecule has 0 radical (unpaired) electrons. The van der Waals surface area contributed by atoms with E-state index < -0.39 is 12.3 Å². The van der Waals surface area contributed by atoms with Gasteiger partial charge in [-0.15, -0.1) is 0 Å². The highest BCUT2D eigenvalue weighted by Gasteiger charge is 2.15. The number of rotatable bonds is 6. The summed E-state index contributed by atoms with van der Waals surface area (Å²) in [5.41, 5.74) is -0.205. The SMILES string of the molecule is C=C(C#N)C(=O)OC(CCCC)OC. The van der Waals surface area contributed by atoms with E-state index in [2.05, 4.69) is 6.58 Å². The Balaban J connectivity index is 3.99. The number of hydrogen-bond donors (Lipinski definition) is 0. The van der Waals surface area contributed by atoms with Crippen LogP contribution in [0.25, 0.3) is 0 Å². The van der Waals surface area contributed by atoms with Gasteiger partial charge >= 0.3 is 5.97 Å². The molecule has 0 aromatic rings.